The number of nitrogens with one attached hydrogen (secondary N) is 1. The van der Waals surface area contributed by atoms with Crippen LogP contribution in [-0.4, -0.2) is 23.1 Å². The molecule has 0 fully saturated rings. The maximum atomic E-state index is 10.3. The maximum Gasteiger partial charge on any atom is 0.328 e. The lowest BCUT2D eigenvalue weighted by atomic mass is 10.2. The van der Waals surface area contributed by atoms with E-state index in [9.17, 15) is 4.79 Å². The van der Waals surface area contributed by atoms with Crippen molar-refractivity contribution in [1.29, 1.82) is 0 Å². The van der Waals surface area contributed by atoms with Gasteiger partial charge in [0.1, 0.15) is 0 Å². The standard InChI is InChI=1S/C10H12N2O2/c1-11-8(5-6-10(13)14)9-4-2-3-7-12-9/h2-8,11H,1H3,(H,13,14)/b6-5+. The zero-order valence-corrected chi connectivity index (χ0v) is 7.84. The van der Waals surface area contributed by atoms with Crippen molar-refractivity contribution < 1.29 is 9.90 Å². The van der Waals surface area contributed by atoms with Crippen molar-refractivity contribution in [1.82, 2.24) is 10.3 Å². The van der Waals surface area contributed by atoms with Crippen molar-refractivity contribution >= 4 is 5.97 Å². The van der Waals surface area contributed by atoms with Gasteiger partial charge in [-0.2, -0.15) is 0 Å². The van der Waals surface area contributed by atoms with Crippen LogP contribution in [0.2, 0.25) is 0 Å². The highest BCUT2D eigenvalue weighted by Gasteiger charge is 2.05. The van der Waals surface area contributed by atoms with Gasteiger partial charge >= 0.3 is 5.97 Å². The van der Waals surface area contributed by atoms with Crippen molar-refractivity contribution in [2.24, 2.45) is 0 Å². The summed E-state index contributed by atoms with van der Waals surface area (Å²) in [5.41, 5.74) is 0.799. The van der Waals surface area contributed by atoms with Crippen molar-refractivity contribution in [2.45, 2.75) is 6.04 Å². The summed E-state index contributed by atoms with van der Waals surface area (Å²) in [7, 11) is 1.76. The van der Waals surface area contributed by atoms with Crippen LogP contribution in [0, 0.1) is 0 Å². The average Bonchev–Trinajstić information content (AvgIpc) is 2.20. The molecule has 0 aliphatic heterocycles. The van der Waals surface area contributed by atoms with Gasteiger partial charge in [0, 0.05) is 12.3 Å². The molecule has 0 aliphatic rings. The molecular formula is C10H12N2O2. The minimum Gasteiger partial charge on any atom is -0.478 e. The fraction of sp³-hybridized carbons (Fsp3) is 0.200. The van der Waals surface area contributed by atoms with Crippen LogP contribution >= 0.6 is 0 Å². The van der Waals surface area contributed by atoms with E-state index in [1.54, 1.807) is 19.3 Å². The molecule has 0 aliphatic carbocycles. The third kappa shape index (κ3) is 2.99. The second-order valence-electron chi connectivity index (χ2n) is 2.72. The lowest BCUT2D eigenvalue weighted by Gasteiger charge is -2.09. The second-order valence-corrected chi connectivity index (χ2v) is 2.72. The molecule has 14 heavy (non-hydrogen) atoms. The first-order valence-corrected chi connectivity index (χ1v) is 4.23. The zero-order valence-electron chi connectivity index (χ0n) is 7.84. The Kier molecular flexibility index (Phi) is 3.82. The van der Waals surface area contributed by atoms with Crippen molar-refractivity contribution in [3.8, 4) is 0 Å². The molecule has 4 heteroatoms. The number of rotatable bonds is 4. The Morgan fingerprint density at radius 2 is 2.43 bits per heavy atom. The van der Waals surface area contributed by atoms with Gasteiger partial charge in [0.15, 0.2) is 0 Å². The van der Waals surface area contributed by atoms with Gasteiger partial charge in [-0.05, 0) is 19.2 Å². The fourth-order valence-electron chi connectivity index (χ4n) is 1.08. The summed E-state index contributed by atoms with van der Waals surface area (Å²) in [6.45, 7) is 0. The van der Waals surface area contributed by atoms with E-state index in [-0.39, 0.29) is 6.04 Å². The summed E-state index contributed by atoms with van der Waals surface area (Å²) >= 11 is 0. The highest BCUT2D eigenvalue weighted by Crippen LogP contribution is 2.09. The number of likely N-dealkylation sites (N-methyl/N-ethyl adjacent to an activating group) is 1. The summed E-state index contributed by atoms with van der Waals surface area (Å²) < 4.78 is 0. The Morgan fingerprint density at radius 3 is 2.93 bits per heavy atom. The Balaban J connectivity index is 2.78. The summed E-state index contributed by atoms with van der Waals surface area (Å²) in [5, 5.41) is 11.4. The largest absolute Gasteiger partial charge is 0.478 e. The number of pyridine rings is 1. The third-order valence-corrected chi connectivity index (χ3v) is 1.75. The molecule has 2 N–H and O–H groups in total. The number of nitrogens with zero attached hydrogens (tertiary/aromatic N) is 1. The van der Waals surface area contributed by atoms with Crippen LogP contribution in [0.4, 0.5) is 0 Å². The molecule has 1 heterocycles. The topological polar surface area (TPSA) is 62.2 Å². The van der Waals surface area contributed by atoms with Gasteiger partial charge in [-0.3, -0.25) is 4.98 Å². The highest BCUT2D eigenvalue weighted by molar-refractivity contribution is 5.79. The van der Waals surface area contributed by atoms with Crippen LogP contribution in [0.1, 0.15) is 11.7 Å². The molecule has 1 rings (SSSR count). The zero-order chi connectivity index (χ0) is 10.4. The monoisotopic (exact) mass is 192 g/mol. The summed E-state index contributed by atoms with van der Waals surface area (Å²) in [4.78, 5) is 14.4. The Bertz CT molecular complexity index is 322. The van der Waals surface area contributed by atoms with E-state index in [4.69, 9.17) is 5.11 Å². The smallest absolute Gasteiger partial charge is 0.328 e. The van der Waals surface area contributed by atoms with Crippen LogP contribution in [0.25, 0.3) is 0 Å². The molecule has 1 aromatic heterocycles. The first-order chi connectivity index (χ1) is 6.74. The molecular weight excluding hydrogens is 180 g/mol. The summed E-state index contributed by atoms with van der Waals surface area (Å²) in [6, 6.07) is 5.36. The first-order valence-electron chi connectivity index (χ1n) is 4.23. The third-order valence-electron chi connectivity index (χ3n) is 1.75. The molecule has 4 nitrogen and oxygen atoms in total. The van der Waals surface area contributed by atoms with E-state index in [0.717, 1.165) is 11.8 Å². The van der Waals surface area contributed by atoms with Crippen LogP contribution in [0.5, 0.6) is 0 Å². The molecule has 0 amide bonds. The van der Waals surface area contributed by atoms with E-state index < -0.39 is 5.97 Å². The van der Waals surface area contributed by atoms with Gasteiger partial charge in [0.25, 0.3) is 0 Å². The molecule has 1 atom stereocenters. The van der Waals surface area contributed by atoms with E-state index in [2.05, 4.69) is 10.3 Å². The molecule has 74 valence electrons. The highest BCUT2D eigenvalue weighted by atomic mass is 16.4. The van der Waals surface area contributed by atoms with Crippen molar-refractivity contribution in [3.63, 3.8) is 0 Å². The molecule has 0 spiro atoms. The predicted molar refractivity (Wildman–Crippen MR) is 52.8 cm³/mol. The molecule has 0 radical (unpaired) electrons. The lowest BCUT2D eigenvalue weighted by molar-refractivity contribution is -0.131. The SMILES string of the molecule is CNC(/C=C/C(=O)O)c1ccccn1. The molecule has 0 aromatic carbocycles. The molecule has 0 saturated heterocycles. The van der Waals surface area contributed by atoms with Crippen molar-refractivity contribution in [2.75, 3.05) is 7.05 Å². The molecule has 0 bridgehead atoms. The van der Waals surface area contributed by atoms with Gasteiger partial charge in [0.2, 0.25) is 0 Å². The number of aromatic nitrogens is 1. The van der Waals surface area contributed by atoms with Gasteiger partial charge < -0.3 is 10.4 Å². The maximum absolute atomic E-state index is 10.3. The van der Waals surface area contributed by atoms with Crippen LogP contribution in [0.15, 0.2) is 36.5 Å². The molecule has 1 aromatic rings. The van der Waals surface area contributed by atoms with Crippen LogP contribution in [0.3, 0.4) is 0 Å². The number of hydrogen-bond acceptors (Lipinski definition) is 3. The van der Waals surface area contributed by atoms with Gasteiger partial charge in [-0.25, -0.2) is 4.79 Å². The Hall–Kier alpha value is -1.68. The van der Waals surface area contributed by atoms with E-state index >= 15 is 0 Å². The number of carbonyl (C=O) groups is 1. The van der Waals surface area contributed by atoms with E-state index in [1.165, 1.54) is 0 Å². The number of aliphatic carboxylic acids is 1. The molecule has 0 saturated carbocycles. The normalized spacial score (nSPS) is 12.9. The van der Waals surface area contributed by atoms with Gasteiger partial charge in [-0.1, -0.05) is 12.1 Å². The van der Waals surface area contributed by atoms with Crippen LogP contribution < -0.4 is 5.32 Å². The van der Waals surface area contributed by atoms with Crippen molar-refractivity contribution in [3.05, 3.63) is 42.2 Å². The first kappa shape index (κ1) is 10.4. The van der Waals surface area contributed by atoms with Gasteiger partial charge in [-0.15, -0.1) is 0 Å². The van der Waals surface area contributed by atoms with E-state index in [1.807, 2.05) is 18.2 Å². The Labute approximate surface area is 82.3 Å². The number of carboxylic acids is 1. The van der Waals surface area contributed by atoms with Gasteiger partial charge in [0.05, 0.1) is 11.7 Å². The quantitative estimate of drug-likeness (QED) is 0.698. The Morgan fingerprint density at radius 1 is 1.64 bits per heavy atom. The van der Waals surface area contributed by atoms with E-state index in [0.29, 0.717) is 0 Å². The molecule has 1 unspecified atom stereocenters. The fourth-order valence-corrected chi connectivity index (χ4v) is 1.08. The average molecular weight is 192 g/mol. The second kappa shape index (κ2) is 5.14. The summed E-state index contributed by atoms with van der Waals surface area (Å²) in [5.74, 6) is -0.957. The lowest BCUT2D eigenvalue weighted by Crippen LogP contribution is -2.15. The minimum absolute atomic E-state index is 0.160. The number of carboxylic acid groups (broad SMARTS) is 1. The minimum atomic E-state index is -0.957. The predicted octanol–water partition coefficient (Wildman–Crippen LogP) is 0.983. The number of hydrogen-bond donors (Lipinski definition) is 2. The summed E-state index contributed by atoms with van der Waals surface area (Å²) in [6.07, 6.45) is 4.34. The van der Waals surface area contributed by atoms with Crippen LogP contribution in [-0.2, 0) is 4.79 Å².